The molecule has 0 spiro atoms. The lowest BCUT2D eigenvalue weighted by molar-refractivity contribution is 0.0918. The van der Waals surface area contributed by atoms with Crippen molar-refractivity contribution in [2.45, 2.75) is 6.10 Å². The summed E-state index contributed by atoms with van der Waals surface area (Å²) in [4.78, 5) is 12.9. The first-order valence-corrected chi connectivity index (χ1v) is 7.57. The molecular weight excluding hydrogens is 300 g/mol. The van der Waals surface area contributed by atoms with Crippen molar-refractivity contribution in [1.82, 2.24) is 20.1 Å². The van der Waals surface area contributed by atoms with Crippen LogP contribution in [0.2, 0.25) is 0 Å². The average Bonchev–Trinajstić information content (AvgIpc) is 3.25. The van der Waals surface area contributed by atoms with Crippen molar-refractivity contribution < 1.29 is 9.90 Å². The first-order valence-electron chi connectivity index (χ1n) is 6.69. The standard InChI is InChI=1S/C15H14N4O2S/c20-13(14-2-1-7-22-14)8-16-15(21)11-3-5-12(6-4-11)19-9-17-18-10-19/h1-7,9-10,13,20H,8H2,(H,16,21)/t13-/m1/s1. The molecule has 2 aromatic heterocycles. The highest BCUT2D eigenvalue weighted by Crippen LogP contribution is 2.18. The average molecular weight is 314 g/mol. The maximum atomic E-state index is 12.1. The zero-order valence-electron chi connectivity index (χ0n) is 11.6. The van der Waals surface area contributed by atoms with Crippen molar-refractivity contribution in [2.24, 2.45) is 0 Å². The third-order valence-electron chi connectivity index (χ3n) is 3.17. The minimum atomic E-state index is -0.680. The molecule has 1 amide bonds. The van der Waals surface area contributed by atoms with Crippen LogP contribution in [0.25, 0.3) is 5.69 Å². The molecule has 112 valence electrons. The van der Waals surface area contributed by atoms with Gasteiger partial charge in [0.15, 0.2) is 0 Å². The van der Waals surface area contributed by atoms with E-state index in [0.29, 0.717) is 5.56 Å². The van der Waals surface area contributed by atoms with E-state index in [-0.39, 0.29) is 12.5 Å². The molecule has 3 rings (SSSR count). The highest BCUT2D eigenvalue weighted by Gasteiger charge is 2.11. The fourth-order valence-corrected chi connectivity index (χ4v) is 2.70. The number of aliphatic hydroxyl groups excluding tert-OH is 1. The molecule has 0 aliphatic carbocycles. The van der Waals surface area contributed by atoms with Gasteiger partial charge in [0.05, 0.1) is 0 Å². The quantitative estimate of drug-likeness (QED) is 0.752. The summed E-state index contributed by atoms with van der Waals surface area (Å²) in [5.41, 5.74) is 1.41. The Morgan fingerprint density at radius 3 is 2.59 bits per heavy atom. The molecule has 22 heavy (non-hydrogen) atoms. The van der Waals surface area contributed by atoms with Gasteiger partial charge in [-0.2, -0.15) is 0 Å². The summed E-state index contributed by atoms with van der Waals surface area (Å²) in [5.74, 6) is -0.217. The molecule has 1 atom stereocenters. The molecule has 0 radical (unpaired) electrons. The molecule has 0 saturated heterocycles. The van der Waals surface area contributed by atoms with Crippen LogP contribution in [-0.4, -0.2) is 32.3 Å². The van der Waals surface area contributed by atoms with Crippen LogP contribution in [0, 0.1) is 0 Å². The molecule has 0 unspecified atom stereocenters. The normalized spacial score (nSPS) is 12.0. The smallest absolute Gasteiger partial charge is 0.251 e. The molecular formula is C15H14N4O2S. The maximum absolute atomic E-state index is 12.1. The van der Waals surface area contributed by atoms with Crippen molar-refractivity contribution in [3.05, 3.63) is 64.9 Å². The highest BCUT2D eigenvalue weighted by atomic mass is 32.1. The van der Waals surface area contributed by atoms with E-state index in [1.165, 1.54) is 11.3 Å². The summed E-state index contributed by atoms with van der Waals surface area (Å²) in [6, 6.07) is 10.8. The van der Waals surface area contributed by atoms with Crippen LogP contribution in [0.5, 0.6) is 0 Å². The molecule has 0 bridgehead atoms. The fraction of sp³-hybridized carbons (Fsp3) is 0.133. The van der Waals surface area contributed by atoms with Gasteiger partial charge in [-0.1, -0.05) is 6.07 Å². The third-order valence-corrected chi connectivity index (χ3v) is 4.15. The first kappa shape index (κ1) is 14.4. The largest absolute Gasteiger partial charge is 0.386 e. The molecule has 1 aromatic carbocycles. The molecule has 0 fully saturated rings. The summed E-state index contributed by atoms with van der Waals surface area (Å²) >= 11 is 1.46. The minimum absolute atomic E-state index is 0.187. The third kappa shape index (κ3) is 3.21. The number of thiophene rings is 1. The van der Waals surface area contributed by atoms with Crippen LogP contribution in [0.3, 0.4) is 0 Å². The Hall–Kier alpha value is -2.51. The number of hydrogen-bond acceptors (Lipinski definition) is 5. The monoisotopic (exact) mass is 314 g/mol. The van der Waals surface area contributed by atoms with E-state index in [0.717, 1.165) is 10.6 Å². The van der Waals surface area contributed by atoms with Crippen LogP contribution >= 0.6 is 11.3 Å². The summed E-state index contributed by atoms with van der Waals surface area (Å²) < 4.78 is 1.75. The number of amides is 1. The van der Waals surface area contributed by atoms with Gasteiger partial charge in [0, 0.05) is 22.7 Å². The number of hydrogen-bond donors (Lipinski definition) is 2. The van der Waals surface area contributed by atoms with E-state index in [2.05, 4.69) is 15.5 Å². The fourth-order valence-electron chi connectivity index (χ4n) is 1.99. The number of rotatable bonds is 5. The summed E-state index contributed by atoms with van der Waals surface area (Å²) in [6.45, 7) is 0.187. The Balaban J connectivity index is 1.60. The SMILES string of the molecule is O=C(NC[C@@H](O)c1cccs1)c1ccc(-n2cnnc2)cc1. The number of aromatic nitrogens is 3. The van der Waals surface area contributed by atoms with Crippen LogP contribution in [0.1, 0.15) is 21.3 Å². The Morgan fingerprint density at radius 2 is 1.95 bits per heavy atom. The molecule has 0 saturated carbocycles. The Kier molecular flexibility index (Phi) is 4.27. The number of carbonyl (C=O) groups is 1. The Labute approximate surface area is 131 Å². The molecule has 0 aliphatic rings. The van der Waals surface area contributed by atoms with E-state index in [1.54, 1.807) is 29.4 Å². The number of aliphatic hydroxyl groups is 1. The predicted molar refractivity (Wildman–Crippen MR) is 83.0 cm³/mol. The molecule has 2 N–H and O–H groups in total. The summed E-state index contributed by atoms with van der Waals surface area (Å²) in [5, 5.41) is 22.0. The first-order chi connectivity index (χ1) is 10.7. The van der Waals surface area contributed by atoms with E-state index < -0.39 is 6.10 Å². The van der Waals surface area contributed by atoms with Gasteiger partial charge in [0.2, 0.25) is 0 Å². The van der Waals surface area contributed by atoms with Gasteiger partial charge < -0.3 is 10.4 Å². The zero-order chi connectivity index (χ0) is 15.4. The molecule has 6 nitrogen and oxygen atoms in total. The molecule has 0 aliphatic heterocycles. The van der Waals surface area contributed by atoms with E-state index in [4.69, 9.17) is 0 Å². The number of carbonyl (C=O) groups excluding carboxylic acids is 1. The second kappa shape index (κ2) is 6.50. The van der Waals surface area contributed by atoms with Gasteiger partial charge in [0.25, 0.3) is 5.91 Å². The lowest BCUT2D eigenvalue weighted by atomic mass is 10.2. The van der Waals surface area contributed by atoms with Crippen LogP contribution in [0.15, 0.2) is 54.4 Å². The second-order valence-electron chi connectivity index (χ2n) is 4.66. The summed E-state index contributed by atoms with van der Waals surface area (Å²) in [7, 11) is 0. The zero-order valence-corrected chi connectivity index (χ0v) is 12.4. The lowest BCUT2D eigenvalue weighted by Crippen LogP contribution is -2.28. The van der Waals surface area contributed by atoms with E-state index in [9.17, 15) is 9.90 Å². The van der Waals surface area contributed by atoms with Crippen LogP contribution in [0.4, 0.5) is 0 Å². The maximum Gasteiger partial charge on any atom is 0.251 e. The van der Waals surface area contributed by atoms with Crippen molar-refractivity contribution in [2.75, 3.05) is 6.54 Å². The number of benzene rings is 1. The van der Waals surface area contributed by atoms with Crippen LogP contribution < -0.4 is 5.32 Å². The van der Waals surface area contributed by atoms with Gasteiger partial charge >= 0.3 is 0 Å². The van der Waals surface area contributed by atoms with Gasteiger partial charge in [-0.3, -0.25) is 9.36 Å². The lowest BCUT2D eigenvalue weighted by Gasteiger charge is -2.10. The van der Waals surface area contributed by atoms with E-state index in [1.807, 2.05) is 29.6 Å². The number of nitrogens with zero attached hydrogens (tertiary/aromatic N) is 3. The molecule has 3 aromatic rings. The van der Waals surface area contributed by atoms with Crippen molar-refractivity contribution in [1.29, 1.82) is 0 Å². The summed E-state index contributed by atoms with van der Waals surface area (Å²) in [6.07, 6.45) is 2.50. The molecule has 2 heterocycles. The number of nitrogens with one attached hydrogen (secondary N) is 1. The van der Waals surface area contributed by atoms with E-state index >= 15 is 0 Å². The van der Waals surface area contributed by atoms with Crippen molar-refractivity contribution in [3.63, 3.8) is 0 Å². The highest BCUT2D eigenvalue weighted by molar-refractivity contribution is 7.10. The van der Waals surface area contributed by atoms with Gasteiger partial charge in [-0.05, 0) is 35.7 Å². The Bertz CT molecular complexity index is 724. The van der Waals surface area contributed by atoms with Crippen molar-refractivity contribution >= 4 is 17.2 Å². The predicted octanol–water partition coefficient (Wildman–Crippen LogP) is 1.79. The minimum Gasteiger partial charge on any atom is -0.386 e. The Morgan fingerprint density at radius 1 is 1.23 bits per heavy atom. The van der Waals surface area contributed by atoms with Gasteiger partial charge in [0.1, 0.15) is 18.8 Å². The van der Waals surface area contributed by atoms with Gasteiger partial charge in [-0.15, -0.1) is 21.5 Å². The molecule has 7 heteroatoms. The topological polar surface area (TPSA) is 80.0 Å². The van der Waals surface area contributed by atoms with Gasteiger partial charge in [-0.25, -0.2) is 0 Å². The second-order valence-corrected chi connectivity index (χ2v) is 5.64. The van der Waals surface area contributed by atoms with Crippen molar-refractivity contribution in [3.8, 4) is 5.69 Å². The van der Waals surface area contributed by atoms with Crippen LogP contribution in [-0.2, 0) is 0 Å².